The molecule has 1 aliphatic rings. The summed E-state index contributed by atoms with van der Waals surface area (Å²) in [4.78, 5) is 3.52. The first kappa shape index (κ1) is 11.0. The quantitative estimate of drug-likeness (QED) is 0.408. The van der Waals surface area contributed by atoms with E-state index in [1.165, 1.54) is 44.3 Å². The predicted molar refractivity (Wildman–Crippen MR) is 88.3 cm³/mol. The molecule has 0 aliphatic carbocycles. The lowest BCUT2D eigenvalue weighted by Gasteiger charge is -2.22. The molecule has 4 aromatic rings. The van der Waals surface area contributed by atoms with Crippen LogP contribution in [0.15, 0.2) is 60.7 Å². The van der Waals surface area contributed by atoms with Gasteiger partial charge in [0.25, 0.3) is 0 Å². The van der Waals surface area contributed by atoms with Crippen molar-refractivity contribution in [2.24, 2.45) is 0 Å². The van der Waals surface area contributed by atoms with E-state index < -0.39 is 0 Å². The molecule has 0 unspecified atom stereocenters. The van der Waals surface area contributed by atoms with Crippen molar-refractivity contribution in [1.82, 2.24) is 4.98 Å². The first-order chi connectivity index (χ1) is 10.4. The molecule has 2 nitrogen and oxygen atoms in total. The molecule has 0 saturated heterocycles. The Kier molecular flexibility index (Phi) is 2.03. The van der Waals surface area contributed by atoms with Crippen molar-refractivity contribution in [1.29, 1.82) is 0 Å². The monoisotopic (exact) mass is 270 g/mol. The highest BCUT2D eigenvalue weighted by Crippen LogP contribution is 2.39. The summed E-state index contributed by atoms with van der Waals surface area (Å²) < 4.78 is 0. The fourth-order valence-corrected chi connectivity index (χ4v) is 3.45. The molecule has 0 saturated carbocycles. The van der Waals surface area contributed by atoms with E-state index in [9.17, 15) is 0 Å². The maximum Gasteiger partial charge on any atom is 0.0469 e. The van der Waals surface area contributed by atoms with Crippen molar-refractivity contribution in [2.75, 3.05) is 5.32 Å². The number of rotatable bonds is 0. The molecular weight excluding hydrogens is 256 g/mol. The van der Waals surface area contributed by atoms with Gasteiger partial charge in [-0.1, -0.05) is 36.4 Å². The lowest BCUT2D eigenvalue weighted by atomic mass is 9.93. The van der Waals surface area contributed by atoms with Crippen LogP contribution in [0.2, 0.25) is 0 Å². The van der Waals surface area contributed by atoms with E-state index in [0.717, 1.165) is 6.42 Å². The predicted octanol–water partition coefficient (Wildman–Crippen LogP) is 4.97. The molecular formula is C19H14N2. The molecule has 21 heavy (non-hydrogen) atoms. The molecule has 2 N–H and O–H groups in total. The molecule has 2 heterocycles. The molecule has 3 aromatic carbocycles. The fraction of sp³-hybridized carbons (Fsp3) is 0.0526. The van der Waals surface area contributed by atoms with Gasteiger partial charge in [-0.3, -0.25) is 0 Å². The third-order valence-corrected chi connectivity index (χ3v) is 4.43. The van der Waals surface area contributed by atoms with Crippen molar-refractivity contribution >= 4 is 33.2 Å². The Labute approximate surface area is 122 Å². The lowest BCUT2D eigenvalue weighted by molar-refractivity contribution is 1.18. The van der Waals surface area contributed by atoms with Crippen LogP contribution in [-0.4, -0.2) is 4.98 Å². The summed E-state index contributed by atoms with van der Waals surface area (Å²) in [5, 5.41) is 6.24. The van der Waals surface area contributed by atoms with Crippen LogP contribution in [0.4, 0.5) is 11.4 Å². The van der Waals surface area contributed by atoms with E-state index in [0.29, 0.717) is 0 Å². The van der Waals surface area contributed by atoms with Gasteiger partial charge >= 0.3 is 0 Å². The number of hydrogen-bond donors (Lipinski definition) is 2. The van der Waals surface area contributed by atoms with Gasteiger partial charge in [0.05, 0.1) is 0 Å². The van der Waals surface area contributed by atoms with Crippen molar-refractivity contribution in [3.63, 3.8) is 0 Å². The second-order valence-electron chi connectivity index (χ2n) is 5.64. The number of H-pyrrole nitrogens is 1. The molecule has 0 fully saturated rings. The van der Waals surface area contributed by atoms with Crippen LogP contribution < -0.4 is 5.32 Å². The fourth-order valence-electron chi connectivity index (χ4n) is 3.45. The van der Waals surface area contributed by atoms with E-state index in [4.69, 9.17) is 0 Å². The Morgan fingerprint density at radius 3 is 2.57 bits per heavy atom. The second-order valence-corrected chi connectivity index (χ2v) is 5.64. The number of aromatic nitrogens is 1. The molecule has 0 spiro atoms. The minimum atomic E-state index is 0.984. The Hall–Kier alpha value is -2.74. The topological polar surface area (TPSA) is 27.8 Å². The SMILES string of the molecule is c1ccc2c(c1)Cc1c(ccc3[nH]c4ccccc4c13)N2. The first-order valence-corrected chi connectivity index (χ1v) is 7.27. The van der Waals surface area contributed by atoms with E-state index in [2.05, 4.69) is 71.0 Å². The van der Waals surface area contributed by atoms with Gasteiger partial charge in [-0.15, -0.1) is 0 Å². The number of anilines is 2. The maximum absolute atomic E-state index is 3.57. The van der Waals surface area contributed by atoms with Crippen LogP contribution in [0.1, 0.15) is 11.1 Å². The van der Waals surface area contributed by atoms with Gasteiger partial charge in [-0.2, -0.15) is 0 Å². The Morgan fingerprint density at radius 2 is 1.57 bits per heavy atom. The number of fused-ring (bicyclic) bond motifs is 6. The minimum Gasteiger partial charge on any atom is -0.355 e. The van der Waals surface area contributed by atoms with E-state index in [1.54, 1.807) is 0 Å². The van der Waals surface area contributed by atoms with Crippen LogP contribution in [0.25, 0.3) is 21.8 Å². The molecule has 5 rings (SSSR count). The number of aromatic amines is 1. The second kappa shape index (κ2) is 3.89. The van der Waals surface area contributed by atoms with Gasteiger partial charge < -0.3 is 10.3 Å². The number of hydrogen-bond acceptors (Lipinski definition) is 1. The average molecular weight is 270 g/mol. The van der Waals surface area contributed by atoms with Gasteiger partial charge in [-0.25, -0.2) is 0 Å². The summed E-state index contributed by atoms with van der Waals surface area (Å²) in [5.74, 6) is 0. The standard InChI is InChI=1S/C19H14N2/c1-3-7-15-12(5-1)11-14-17(20-15)9-10-18-19(14)13-6-2-4-8-16(13)21-18/h1-10,20-21H,11H2. The van der Waals surface area contributed by atoms with Crippen molar-refractivity contribution in [3.8, 4) is 0 Å². The zero-order valence-electron chi connectivity index (χ0n) is 11.5. The van der Waals surface area contributed by atoms with E-state index in [1.807, 2.05) is 0 Å². The largest absolute Gasteiger partial charge is 0.355 e. The third kappa shape index (κ3) is 1.47. The number of benzene rings is 3. The lowest BCUT2D eigenvalue weighted by Crippen LogP contribution is -2.06. The van der Waals surface area contributed by atoms with Crippen molar-refractivity contribution in [2.45, 2.75) is 6.42 Å². The Morgan fingerprint density at radius 1 is 0.714 bits per heavy atom. The van der Waals surface area contributed by atoms with Crippen LogP contribution in [0, 0.1) is 0 Å². The van der Waals surface area contributed by atoms with Gasteiger partial charge in [0.1, 0.15) is 0 Å². The van der Waals surface area contributed by atoms with Crippen LogP contribution in [0.3, 0.4) is 0 Å². The highest BCUT2D eigenvalue weighted by molar-refractivity contribution is 6.11. The van der Waals surface area contributed by atoms with Gasteiger partial charge in [0, 0.05) is 39.6 Å². The third-order valence-electron chi connectivity index (χ3n) is 4.43. The summed E-state index contributed by atoms with van der Waals surface area (Å²) in [6.07, 6.45) is 0.984. The van der Waals surface area contributed by atoms with Crippen LogP contribution in [-0.2, 0) is 6.42 Å². The zero-order valence-corrected chi connectivity index (χ0v) is 11.5. The Balaban J connectivity index is 1.86. The van der Waals surface area contributed by atoms with Gasteiger partial charge in [-0.05, 0) is 35.4 Å². The molecule has 100 valence electrons. The normalized spacial score (nSPS) is 13.0. The summed E-state index contributed by atoms with van der Waals surface area (Å²) in [6.45, 7) is 0. The molecule has 0 atom stereocenters. The van der Waals surface area contributed by atoms with Crippen molar-refractivity contribution in [3.05, 3.63) is 71.8 Å². The average Bonchev–Trinajstić information content (AvgIpc) is 2.92. The summed E-state index contributed by atoms with van der Waals surface area (Å²) >= 11 is 0. The van der Waals surface area contributed by atoms with Gasteiger partial charge in [0.2, 0.25) is 0 Å². The molecule has 1 aromatic heterocycles. The Bertz CT molecular complexity index is 995. The maximum atomic E-state index is 3.57. The molecule has 2 heteroatoms. The minimum absolute atomic E-state index is 0.984. The summed E-state index contributed by atoms with van der Waals surface area (Å²) in [6, 6.07) is 21.5. The van der Waals surface area contributed by atoms with Crippen LogP contribution in [0.5, 0.6) is 0 Å². The molecule has 0 amide bonds. The number of nitrogens with one attached hydrogen (secondary N) is 2. The zero-order chi connectivity index (χ0) is 13.8. The van der Waals surface area contributed by atoms with Gasteiger partial charge in [0.15, 0.2) is 0 Å². The molecule has 0 bridgehead atoms. The summed E-state index contributed by atoms with van der Waals surface area (Å²) in [5.41, 5.74) is 7.64. The molecule has 0 radical (unpaired) electrons. The highest BCUT2D eigenvalue weighted by Gasteiger charge is 2.18. The smallest absolute Gasteiger partial charge is 0.0469 e. The van der Waals surface area contributed by atoms with Crippen LogP contribution >= 0.6 is 0 Å². The van der Waals surface area contributed by atoms with E-state index >= 15 is 0 Å². The number of para-hydroxylation sites is 2. The molecule has 1 aliphatic heterocycles. The summed E-state index contributed by atoms with van der Waals surface area (Å²) in [7, 11) is 0. The first-order valence-electron chi connectivity index (χ1n) is 7.27. The van der Waals surface area contributed by atoms with Crippen molar-refractivity contribution < 1.29 is 0 Å². The van der Waals surface area contributed by atoms with E-state index in [-0.39, 0.29) is 0 Å². The highest BCUT2D eigenvalue weighted by atomic mass is 14.9.